The van der Waals surface area contributed by atoms with Crippen molar-refractivity contribution in [1.29, 1.82) is 0 Å². The summed E-state index contributed by atoms with van der Waals surface area (Å²) in [4.78, 5) is 2.28. The van der Waals surface area contributed by atoms with Crippen LogP contribution in [0.15, 0.2) is 18.2 Å². The van der Waals surface area contributed by atoms with Crippen LogP contribution in [0.4, 0.5) is 0 Å². The van der Waals surface area contributed by atoms with Gasteiger partial charge in [-0.15, -0.1) is 0 Å². The van der Waals surface area contributed by atoms with Crippen LogP contribution >= 0.6 is 11.6 Å². The molecule has 16 heavy (non-hydrogen) atoms. The van der Waals surface area contributed by atoms with E-state index in [4.69, 9.17) is 11.6 Å². The molecule has 3 heteroatoms. The first-order valence-electron chi connectivity index (χ1n) is 5.77. The van der Waals surface area contributed by atoms with E-state index >= 15 is 0 Å². The van der Waals surface area contributed by atoms with Gasteiger partial charge in [0.1, 0.15) is 0 Å². The molecule has 90 valence electrons. The van der Waals surface area contributed by atoms with Gasteiger partial charge in [-0.25, -0.2) is 0 Å². The first-order valence-corrected chi connectivity index (χ1v) is 6.15. The van der Waals surface area contributed by atoms with E-state index in [1.54, 1.807) is 0 Å². The molecule has 0 aliphatic carbocycles. The molecule has 0 saturated heterocycles. The molecule has 0 spiro atoms. The van der Waals surface area contributed by atoms with Crippen LogP contribution in [0, 0.1) is 6.92 Å². The predicted octanol–water partition coefficient (Wildman–Crippen LogP) is 2.69. The molecule has 0 saturated carbocycles. The minimum atomic E-state index is 0.844. The van der Waals surface area contributed by atoms with Crippen molar-refractivity contribution in [2.24, 2.45) is 0 Å². The molecule has 0 aromatic heterocycles. The molecule has 0 heterocycles. The zero-order valence-electron chi connectivity index (χ0n) is 10.4. The summed E-state index contributed by atoms with van der Waals surface area (Å²) in [5.41, 5.74) is 2.38. The van der Waals surface area contributed by atoms with Crippen LogP contribution in [0.5, 0.6) is 0 Å². The summed E-state index contributed by atoms with van der Waals surface area (Å²) in [7, 11) is 2.13. The van der Waals surface area contributed by atoms with Crippen molar-refractivity contribution in [3.63, 3.8) is 0 Å². The van der Waals surface area contributed by atoms with E-state index in [0.29, 0.717) is 0 Å². The maximum Gasteiger partial charge on any atom is 0.0453 e. The van der Waals surface area contributed by atoms with Crippen molar-refractivity contribution in [2.45, 2.75) is 20.4 Å². The van der Waals surface area contributed by atoms with Crippen LogP contribution in [0.2, 0.25) is 5.02 Å². The molecule has 1 aromatic rings. The zero-order chi connectivity index (χ0) is 12.0. The molecule has 1 N–H and O–H groups in total. The lowest BCUT2D eigenvalue weighted by Gasteiger charge is -2.14. The predicted molar refractivity (Wildman–Crippen MR) is 71.1 cm³/mol. The Morgan fingerprint density at radius 3 is 2.75 bits per heavy atom. The van der Waals surface area contributed by atoms with Crippen molar-refractivity contribution >= 4 is 11.6 Å². The number of hydrogen-bond donors (Lipinski definition) is 1. The summed E-state index contributed by atoms with van der Waals surface area (Å²) in [6.45, 7) is 8.22. The fourth-order valence-corrected chi connectivity index (χ4v) is 1.75. The smallest absolute Gasteiger partial charge is 0.0453 e. The highest BCUT2D eigenvalue weighted by Crippen LogP contribution is 2.16. The lowest BCUT2D eigenvalue weighted by Crippen LogP contribution is -2.28. The first kappa shape index (κ1) is 13.5. The Hall–Kier alpha value is -0.570. The van der Waals surface area contributed by atoms with Crippen LogP contribution in [0.3, 0.4) is 0 Å². The molecule has 0 bridgehead atoms. The summed E-state index contributed by atoms with van der Waals surface area (Å²) >= 11 is 6.15. The SMILES string of the molecule is CCN(C)CCNCc1ccc(C)cc1Cl. The number of rotatable bonds is 6. The van der Waals surface area contributed by atoms with Crippen molar-refractivity contribution in [3.8, 4) is 0 Å². The molecule has 1 rings (SSSR count). The number of halogens is 1. The van der Waals surface area contributed by atoms with Gasteiger partial charge in [0, 0.05) is 24.7 Å². The molecule has 0 fully saturated rings. The van der Waals surface area contributed by atoms with Gasteiger partial charge in [-0.1, -0.05) is 30.7 Å². The van der Waals surface area contributed by atoms with Crippen molar-refractivity contribution < 1.29 is 0 Å². The van der Waals surface area contributed by atoms with Crippen LogP contribution in [-0.2, 0) is 6.54 Å². The maximum atomic E-state index is 6.15. The fourth-order valence-electron chi connectivity index (χ4n) is 1.45. The number of hydrogen-bond acceptors (Lipinski definition) is 2. The zero-order valence-corrected chi connectivity index (χ0v) is 11.1. The minimum absolute atomic E-state index is 0.844. The second kappa shape index (κ2) is 6.89. The second-order valence-corrected chi connectivity index (χ2v) is 4.57. The maximum absolute atomic E-state index is 6.15. The van der Waals surface area contributed by atoms with Gasteiger partial charge in [0.15, 0.2) is 0 Å². The Balaban J connectivity index is 2.32. The quantitative estimate of drug-likeness (QED) is 0.770. The van der Waals surface area contributed by atoms with E-state index in [1.807, 2.05) is 6.07 Å². The Bertz CT molecular complexity index is 326. The standard InChI is InChI=1S/C13H21ClN2/c1-4-16(3)8-7-15-10-12-6-5-11(2)9-13(12)14/h5-6,9,15H,4,7-8,10H2,1-3H3. The molecule has 0 unspecified atom stereocenters. The highest BCUT2D eigenvalue weighted by atomic mass is 35.5. The molecular formula is C13H21ClN2. The summed E-state index contributed by atoms with van der Waals surface area (Å²) in [5, 5.41) is 4.26. The van der Waals surface area contributed by atoms with Crippen LogP contribution in [0.1, 0.15) is 18.1 Å². The van der Waals surface area contributed by atoms with Crippen molar-refractivity contribution in [1.82, 2.24) is 10.2 Å². The summed E-state index contributed by atoms with van der Waals surface area (Å²) < 4.78 is 0. The van der Waals surface area contributed by atoms with Crippen LogP contribution in [0.25, 0.3) is 0 Å². The number of aryl methyl sites for hydroxylation is 1. The first-order chi connectivity index (χ1) is 7.63. The lowest BCUT2D eigenvalue weighted by atomic mass is 10.1. The average molecular weight is 241 g/mol. The lowest BCUT2D eigenvalue weighted by molar-refractivity contribution is 0.349. The summed E-state index contributed by atoms with van der Waals surface area (Å²) in [6, 6.07) is 6.20. The third-order valence-corrected chi connectivity index (χ3v) is 3.09. The van der Waals surface area contributed by atoms with Gasteiger partial charge in [0.2, 0.25) is 0 Å². The third kappa shape index (κ3) is 4.52. The average Bonchev–Trinajstić information content (AvgIpc) is 2.26. The van der Waals surface area contributed by atoms with E-state index in [9.17, 15) is 0 Å². The number of benzene rings is 1. The van der Waals surface area contributed by atoms with Crippen molar-refractivity contribution in [2.75, 3.05) is 26.7 Å². The van der Waals surface area contributed by atoms with Gasteiger partial charge in [-0.3, -0.25) is 0 Å². The molecule has 0 aliphatic rings. The summed E-state index contributed by atoms with van der Waals surface area (Å²) in [6.07, 6.45) is 0. The monoisotopic (exact) mass is 240 g/mol. The van der Waals surface area contributed by atoms with E-state index in [2.05, 4.69) is 43.2 Å². The van der Waals surface area contributed by atoms with E-state index in [1.165, 1.54) is 11.1 Å². The van der Waals surface area contributed by atoms with Gasteiger partial charge in [-0.05, 0) is 37.7 Å². The van der Waals surface area contributed by atoms with Gasteiger partial charge in [-0.2, -0.15) is 0 Å². The molecule has 0 radical (unpaired) electrons. The van der Waals surface area contributed by atoms with Gasteiger partial charge in [0.25, 0.3) is 0 Å². The molecule has 0 amide bonds. The molecule has 2 nitrogen and oxygen atoms in total. The highest BCUT2D eigenvalue weighted by molar-refractivity contribution is 6.31. The Kier molecular flexibility index (Phi) is 5.81. The largest absolute Gasteiger partial charge is 0.311 e. The summed E-state index contributed by atoms with van der Waals surface area (Å²) in [5.74, 6) is 0. The molecule has 0 atom stereocenters. The second-order valence-electron chi connectivity index (χ2n) is 4.17. The van der Waals surface area contributed by atoms with Gasteiger partial charge >= 0.3 is 0 Å². The number of nitrogens with one attached hydrogen (secondary N) is 1. The topological polar surface area (TPSA) is 15.3 Å². The fraction of sp³-hybridized carbons (Fsp3) is 0.538. The minimum Gasteiger partial charge on any atom is -0.311 e. The number of likely N-dealkylation sites (N-methyl/N-ethyl adjacent to an activating group) is 1. The van der Waals surface area contributed by atoms with E-state index < -0.39 is 0 Å². The van der Waals surface area contributed by atoms with Crippen molar-refractivity contribution in [3.05, 3.63) is 34.3 Å². The molecule has 0 aliphatic heterocycles. The highest BCUT2D eigenvalue weighted by Gasteiger charge is 2.00. The molecular weight excluding hydrogens is 220 g/mol. The normalized spacial score (nSPS) is 11.1. The number of nitrogens with zero attached hydrogens (tertiary/aromatic N) is 1. The van der Waals surface area contributed by atoms with E-state index in [0.717, 1.165) is 31.2 Å². The third-order valence-electron chi connectivity index (χ3n) is 2.73. The Labute approximate surface area is 104 Å². The Morgan fingerprint density at radius 1 is 1.38 bits per heavy atom. The van der Waals surface area contributed by atoms with Crippen LogP contribution in [-0.4, -0.2) is 31.6 Å². The van der Waals surface area contributed by atoms with E-state index in [-0.39, 0.29) is 0 Å². The van der Waals surface area contributed by atoms with Crippen LogP contribution < -0.4 is 5.32 Å². The van der Waals surface area contributed by atoms with Gasteiger partial charge in [0.05, 0.1) is 0 Å². The Morgan fingerprint density at radius 2 is 2.12 bits per heavy atom. The molecule has 1 aromatic carbocycles. The van der Waals surface area contributed by atoms with Gasteiger partial charge < -0.3 is 10.2 Å².